The van der Waals surface area contributed by atoms with Crippen LogP contribution in [-0.4, -0.2) is 10.5 Å². The van der Waals surface area contributed by atoms with Crippen LogP contribution < -0.4 is 5.32 Å². The van der Waals surface area contributed by atoms with Gasteiger partial charge in [-0.2, -0.15) is 0 Å². The summed E-state index contributed by atoms with van der Waals surface area (Å²) in [5.74, 6) is 0.965. The van der Waals surface area contributed by atoms with Gasteiger partial charge < -0.3 is 5.32 Å². The van der Waals surface area contributed by atoms with Crippen molar-refractivity contribution in [2.24, 2.45) is 16.7 Å². The molecule has 110 valence electrons. The van der Waals surface area contributed by atoms with Crippen LogP contribution in [-0.2, 0) is 6.54 Å². The van der Waals surface area contributed by atoms with E-state index in [0.29, 0.717) is 16.4 Å². The third kappa shape index (κ3) is 2.14. The highest BCUT2D eigenvalue weighted by molar-refractivity contribution is 7.09. The van der Waals surface area contributed by atoms with Crippen molar-refractivity contribution in [2.45, 2.75) is 71.4 Å². The Morgan fingerprint density at radius 1 is 1.20 bits per heavy atom. The molecule has 20 heavy (non-hydrogen) atoms. The molecule has 5 rings (SSSR count). The predicted molar refractivity (Wildman–Crippen MR) is 83.8 cm³/mol. The van der Waals surface area contributed by atoms with Crippen molar-refractivity contribution < 1.29 is 0 Å². The zero-order valence-electron chi connectivity index (χ0n) is 13.0. The molecule has 4 aliphatic carbocycles. The molecule has 4 bridgehead atoms. The van der Waals surface area contributed by atoms with Gasteiger partial charge in [-0.05, 0) is 62.2 Å². The number of nitrogens with zero attached hydrogens (tertiary/aromatic N) is 1. The second-order valence-electron chi connectivity index (χ2n) is 8.65. The van der Waals surface area contributed by atoms with Gasteiger partial charge in [-0.1, -0.05) is 13.8 Å². The van der Waals surface area contributed by atoms with E-state index >= 15 is 0 Å². The Labute approximate surface area is 126 Å². The molecular formula is C17H26N2S. The summed E-state index contributed by atoms with van der Waals surface area (Å²) in [6.45, 7) is 8.14. The normalized spacial score (nSPS) is 46.0. The zero-order valence-corrected chi connectivity index (χ0v) is 13.8. The van der Waals surface area contributed by atoms with Crippen molar-refractivity contribution >= 4 is 11.3 Å². The van der Waals surface area contributed by atoms with Crippen molar-refractivity contribution in [1.29, 1.82) is 0 Å². The third-order valence-electron chi connectivity index (χ3n) is 5.91. The van der Waals surface area contributed by atoms with Gasteiger partial charge in [0.05, 0.1) is 0 Å². The van der Waals surface area contributed by atoms with Crippen molar-refractivity contribution in [3.63, 3.8) is 0 Å². The minimum atomic E-state index is 0.405. The molecule has 0 aromatic carbocycles. The van der Waals surface area contributed by atoms with Crippen LogP contribution in [0.3, 0.4) is 0 Å². The first-order valence-corrected chi connectivity index (χ1v) is 8.92. The van der Waals surface area contributed by atoms with E-state index in [-0.39, 0.29) is 0 Å². The SMILES string of the molecule is Cc1csc(CNC23CC4CC(C)(CC(C)(C4)C2)C3)n1. The monoisotopic (exact) mass is 290 g/mol. The first-order valence-electron chi connectivity index (χ1n) is 8.04. The summed E-state index contributed by atoms with van der Waals surface area (Å²) in [5, 5.41) is 7.38. The molecule has 3 heteroatoms. The van der Waals surface area contributed by atoms with Crippen molar-refractivity contribution in [3.8, 4) is 0 Å². The number of thiazole rings is 1. The molecule has 1 N–H and O–H groups in total. The average Bonchev–Trinajstić information content (AvgIpc) is 2.68. The van der Waals surface area contributed by atoms with Gasteiger partial charge >= 0.3 is 0 Å². The van der Waals surface area contributed by atoms with E-state index in [0.717, 1.165) is 18.2 Å². The molecule has 2 nitrogen and oxygen atoms in total. The first-order chi connectivity index (χ1) is 9.38. The van der Waals surface area contributed by atoms with Crippen LogP contribution in [0.1, 0.15) is 63.1 Å². The van der Waals surface area contributed by atoms with E-state index in [9.17, 15) is 0 Å². The van der Waals surface area contributed by atoms with Crippen molar-refractivity contribution in [3.05, 3.63) is 16.1 Å². The number of nitrogens with one attached hydrogen (secondary N) is 1. The zero-order chi connectivity index (χ0) is 14.0. The van der Waals surface area contributed by atoms with Crippen LogP contribution >= 0.6 is 11.3 Å². The highest BCUT2D eigenvalue weighted by Gasteiger charge is 2.59. The second kappa shape index (κ2) is 4.07. The molecule has 0 amide bonds. The van der Waals surface area contributed by atoms with Gasteiger partial charge in [0.25, 0.3) is 0 Å². The fourth-order valence-electron chi connectivity index (χ4n) is 6.39. The van der Waals surface area contributed by atoms with Crippen LogP contribution in [0.5, 0.6) is 0 Å². The Hall–Kier alpha value is -0.410. The van der Waals surface area contributed by atoms with Crippen LogP contribution in [0, 0.1) is 23.7 Å². The van der Waals surface area contributed by atoms with Gasteiger partial charge in [-0.15, -0.1) is 11.3 Å². The maximum absolute atomic E-state index is 4.62. The Balaban J connectivity index is 1.55. The first kappa shape index (κ1) is 13.3. The van der Waals surface area contributed by atoms with E-state index in [1.54, 1.807) is 11.3 Å². The molecule has 1 aromatic rings. The largest absolute Gasteiger partial charge is 0.305 e. The lowest BCUT2D eigenvalue weighted by molar-refractivity contribution is -0.118. The molecule has 0 aliphatic heterocycles. The van der Waals surface area contributed by atoms with Crippen molar-refractivity contribution in [1.82, 2.24) is 10.3 Å². The maximum Gasteiger partial charge on any atom is 0.107 e. The van der Waals surface area contributed by atoms with E-state index in [4.69, 9.17) is 0 Å². The summed E-state index contributed by atoms with van der Waals surface area (Å²) in [7, 11) is 0. The summed E-state index contributed by atoms with van der Waals surface area (Å²) in [4.78, 5) is 4.62. The van der Waals surface area contributed by atoms with E-state index in [1.165, 1.54) is 43.5 Å². The molecule has 4 saturated carbocycles. The minimum Gasteiger partial charge on any atom is -0.305 e. The number of rotatable bonds is 3. The van der Waals surface area contributed by atoms with Crippen LogP contribution in [0.2, 0.25) is 0 Å². The summed E-state index contributed by atoms with van der Waals surface area (Å²) in [5.41, 5.74) is 2.76. The van der Waals surface area contributed by atoms with E-state index in [2.05, 4.69) is 36.5 Å². The number of aryl methyl sites for hydroxylation is 1. The predicted octanol–water partition coefficient (Wildman–Crippen LogP) is 4.29. The molecule has 0 radical (unpaired) electrons. The van der Waals surface area contributed by atoms with Gasteiger partial charge in [0.2, 0.25) is 0 Å². The Morgan fingerprint density at radius 2 is 1.90 bits per heavy atom. The summed E-state index contributed by atoms with van der Waals surface area (Å²) < 4.78 is 0. The molecule has 0 spiro atoms. The van der Waals surface area contributed by atoms with Gasteiger partial charge in [0.1, 0.15) is 5.01 Å². The molecular weight excluding hydrogens is 264 g/mol. The summed E-state index contributed by atoms with van der Waals surface area (Å²) in [6.07, 6.45) is 8.58. The molecule has 1 heterocycles. The lowest BCUT2D eigenvalue weighted by atomic mass is 9.43. The summed E-state index contributed by atoms with van der Waals surface area (Å²) >= 11 is 1.80. The van der Waals surface area contributed by atoms with Crippen LogP contribution in [0.15, 0.2) is 5.38 Å². The number of hydrogen-bond donors (Lipinski definition) is 1. The molecule has 0 saturated heterocycles. The molecule has 1 aromatic heterocycles. The average molecular weight is 290 g/mol. The van der Waals surface area contributed by atoms with E-state index in [1.807, 2.05) is 0 Å². The Bertz CT molecular complexity index is 517. The second-order valence-corrected chi connectivity index (χ2v) is 9.59. The van der Waals surface area contributed by atoms with Gasteiger partial charge in [-0.25, -0.2) is 4.98 Å². The number of aromatic nitrogens is 1. The smallest absolute Gasteiger partial charge is 0.107 e. The maximum atomic E-state index is 4.62. The molecule has 4 fully saturated rings. The highest BCUT2D eigenvalue weighted by Crippen LogP contribution is 2.66. The van der Waals surface area contributed by atoms with Crippen molar-refractivity contribution in [2.75, 3.05) is 0 Å². The van der Waals surface area contributed by atoms with Crippen LogP contribution in [0.25, 0.3) is 0 Å². The quantitative estimate of drug-likeness (QED) is 0.898. The molecule has 2 unspecified atom stereocenters. The third-order valence-corrected chi connectivity index (χ3v) is 6.87. The minimum absolute atomic E-state index is 0.405. The highest BCUT2D eigenvalue weighted by atomic mass is 32.1. The Morgan fingerprint density at radius 3 is 2.45 bits per heavy atom. The number of hydrogen-bond acceptors (Lipinski definition) is 3. The fraction of sp³-hybridized carbons (Fsp3) is 0.824. The Kier molecular flexibility index (Phi) is 2.70. The lowest BCUT2D eigenvalue weighted by Crippen LogP contribution is -2.63. The van der Waals surface area contributed by atoms with E-state index < -0.39 is 0 Å². The lowest BCUT2D eigenvalue weighted by Gasteiger charge is -2.65. The van der Waals surface area contributed by atoms with Gasteiger partial charge in [0, 0.05) is 23.2 Å². The molecule has 2 atom stereocenters. The standard InChI is InChI=1S/C17H26N2S/c1-12-8-20-14(19-12)7-18-17-6-13-4-15(2,10-17)9-16(3,5-13)11-17/h8,13,18H,4-7,9-11H2,1-3H3. The topological polar surface area (TPSA) is 24.9 Å². The summed E-state index contributed by atoms with van der Waals surface area (Å²) in [6, 6.07) is 0. The fourth-order valence-corrected chi connectivity index (χ4v) is 7.10. The van der Waals surface area contributed by atoms with Crippen LogP contribution in [0.4, 0.5) is 0 Å². The van der Waals surface area contributed by atoms with Gasteiger partial charge in [-0.3, -0.25) is 0 Å². The van der Waals surface area contributed by atoms with Gasteiger partial charge in [0.15, 0.2) is 0 Å². The molecule has 4 aliphatic rings.